The van der Waals surface area contributed by atoms with Crippen molar-refractivity contribution in [2.75, 3.05) is 39.8 Å². The summed E-state index contributed by atoms with van der Waals surface area (Å²) in [6.07, 6.45) is 2.73. The molecule has 2 heterocycles. The van der Waals surface area contributed by atoms with Crippen LogP contribution in [0.4, 0.5) is 0 Å². The van der Waals surface area contributed by atoms with E-state index in [0.29, 0.717) is 6.61 Å². The van der Waals surface area contributed by atoms with Crippen LogP contribution in [0.2, 0.25) is 0 Å². The number of ether oxygens (including phenoxy) is 1. The van der Waals surface area contributed by atoms with Gasteiger partial charge in [0, 0.05) is 51.8 Å². The molecule has 1 aliphatic heterocycles. The van der Waals surface area contributed by atoms with Crippen LogP contribution in [0.3, 0.4) is 0 Å². The monoisotopic (exact) mass is 224 g/mol. The molecule has 0 saturated carbocycles. The molecule has 1 aromatic heterocycles. The van der Waals surface area contributed by atoms with E-state index >= 15 is 0 Å². The smallest absolute Gasteiger partial charge is 0.110 e. The van der Waals surface area contributed by atoms with Gasteiger partial charge in [-0.25, -0.2) is 0 Å². The Morgan fingerprint density at radius 2 is 2.25 bits per heavy atom. The largest absolute Gasteiger partial charge is 0.469 e. The Balaban J connectivity index is 1.81. The van der Waals surface area contributed by atoms with E-state index in [1.165, 1.54) is 5.56 Å². The summed E-state index contributed by atoms with van der Waals surface area (Å²) in [5, 5.41) is 3.35. The van der Waals surface area contributed by atoms with E-state index in [1.807, 2.05) is 6.07 Å². The predicted molar refractivity (Wildman–Crippen MR) is 62.4 cm³/mol. The number of rotatable bonds is 5. The highest BCUT2D eigenvalue weighted by Gasteiger charge is 2.11. The van der Waals surface area contributed by atoms with Gasteiger partial charge in [0.2, 0.25) is 0 Å². The van der Waals surface area contributed by atoms with Crippen molar-refractivity contribution in [2.45, 2.75) is 13.0 Å². The van der Waals surface area contributed by atoms with E-state index in [9.17, 15) is 0 Å². The highest BCUT2D eigenvalue weighted by molar-refractivity contribution is 5.16. The molecule has 0 aliphatic carbocycles. The molecule has 2 rings (SSSR count). The molecule has 1 aliphatic rings. The lowest BCUT2D eigenvalue weighted by molar-refractivity contribution is 0.182. The molecule has 0 bridgehead atoms. The summed E-state index contributed by atoms with van der Waals surface area (Å²) in [7, 11) is 1.72. The third-order valence-corrected chi connectivity index (χ3v) is 3.00. The van der Waals surface area contributed by atoms with Crippen LogP contribution in [-0.2, 0) is 17.8 Å². The maximum Gasteiger partial charge on any atom is 0.110 e. The fraction of sp³-hybridized carbons (Fsp3) is 0.667. The first kappa shape index (κ1) is 11.6. The number of hydrogen-bond donors (Lipinski definition) is 1. The van der Waals surface area contributed by atoms with Gasteiger partial charge in [0.1, 0.15) is 5.76 Å². The van der Waals surface area contributed by atoms with Crippen molar-refractivity contribution < 1.29 is 9.15 Å². The molecule has 4 heteroatoms. The maximum absolute atomic E-state index is 5.49. The second-order valence-electron chi connectivity index (χ2n) is 4.14. The van der Waals surface area contributed by atoms with Crippen molar-refractivity contribution >= 4 is 0 Å². The third kappa shape index (κ3) is 3.07. The number of hydrogen-bond acceptors (Lipinski definition) is 4. The third-order valence-electron chi connectivity index (χ3n) is 3.00. The first-order valence-corrected chi connectivity index (χ1v) is 5.87. The second-order valence-corrected chi connectivity index (χ2v) is 4.14. The Morgan fingerprint density at radius 3 is 3.00 bits per heavy atom. The van der Waals surface area contributed by atoms with Gasteiger partial charge in [0.15, 0.2) is 0 Å². The maximum atomic E-state index is 5.49. The van der Waals surface area contributed by atoms with Crippen LogP contribution in [0, 0.1) is 0 Å². The summed E-state index contributed by atoms with van der Waals surface area (Å²) in [5.41, 5.74) is 1.18. The normalized spacial score (nSPS) is 17.8. The Kier molecular flexibility index (Phi) is 4.39. The van der Waals surface area contributed by atoms with Gasteiger partial charge >= 0.3 is 0 Å². The zero-order valence-corrected chi connectivity index (χ0v) is 9.87. The van der Waals surface area contributed by atoms with Crippen molar-refractivity contribution in [3.8, 4) is 0 Å². The number of piperazine rings is 1. The van der Waals surface area contributed by atoms with Gasteiger partial charge in [0.05, 0.1) is 12.9 Å². The number of furan rings is 1. The van der Waals surface area contributed by atoms with Crippen LogP contribution in [0.15, 0.2) is 16.7 Å². The fourth-order valence-electron chi connectivity index (χ4n) is 2.06. The summed E-state index contributed by atoms with van der Waals surface area (Å²) in [6.45, 7) is 6.20. The van der Waals surface area contributed by atoms with E-state index in [4.69, 9.17) is 9.15 Å². The van der Waals surface area contributed by atoms with E-state index in [2.05, 4.69) is 10.2 Å². The molecule has 0 spiro atoms. The number of nitrogens with one attached hydrogen (secondary N) is 1. The Bertz CT molecular complexity index is 306. The summed E-state index contributed by atoms with van der Waals surface area (Å²) < 4.78 is 10.6. The fourth-order valence-corrected chi connectivity index (χ4v) is 2.06. The lowest BCUT2D eigenvalue weighted by Gasteiger charge is -2.26. The van der Waals surface area contributed by atoms with Gasteiger partial charge in [-0.05, 0) is 6.07 Å². The summed E-state index contributed by atoms with van der Waals surface area (Å²) in [5.74, 6) is 1.07. The zero-order valence-electron chi connectivity index (χ0n) is 9.87. The van der Waals surface area contributed by atoms with Gasteiger partial charge < -0.3 is 19.4 Å². The van der Waals surface area contributed by atoms with Crippen LogP contribution in [0.25, 0.3) is 0 Å². The summed E-state index contributed by atoms with van der Waals surface area (Å²) >= 11 is 0. The molecule has 0 aromatic carbocycles. The quantitative estimate of drug-likeness (QED) is 0.805. The minimum Gasteiger partial charge on any atom is -0.469 e. The van der Waals surface area contributed by atoms with Crippen LogP contribution in [0.5, 0.6) is 0 Å². The van der Waals surface area contributed by atoms with Crippen LogP contribution < -0.4 is 5.32 Å². The average Bonchev–Trinajstić information content (AvgIpc) is 2.76. The lowest BCUT2D eigenvalue weighted by atomic mass is 10.2. The van der Waals surface area contributed by atoms with Crippen molar-refractivity contribution in [2.24, 2.45) is 0 Å². The van der Waals surface area contributed by atoms with Crippen molar-refractivity contribution in [1.29, 1.82) is 0 Å². The van der Waals surface area contributed by atoms with Crippen LogP contribution in [-0.4, -0.2) is 44.7 Å². The van der Waals surface area contributed by atoms with Gasteiger partial charge in [-0.1, -0.05) is 0 Å². The zero-order chi connectivity index (χ0) is 11.2. The molecular formula is C12H20N2O2. The standard InChI is InChI=1S/C12H20N2O2/c1-15-10-11-3-9-16-12(11)2-6-14-7-4-13-5-8-14/h3,9,13H,2,4-8,10H2,1H3. The van der Waals surface area contributed by atoms with E-state index < -0.39 is 0 Å². The molecule has 0 atom stereocenters. The Labute approximate surface area is 96.6 Å². The minimum absolute atomic E-state index is 0.646. The topological polar surface area (TPSA) is 37.6 Å². The molecule has 1 saturated heterocycles. The van der Waals surface area contributed by atoms with E-state index in [1.54, 1.807) is 13.4 Å². The van der Waals surface area contributed by atoms with Gasteiger partial charge in [0.25, 0.3) is 0 Å². The number of nitrogens with zero attached hydrogens (tertiary/aromatic N) is 1. The molecule has 90 valence electrons. The average molecular weight is 224 g/mol. The SMILES string of the molecule is COCc1ccoc1CCN1CCNCC1. The summed E-state index contributed by atoms with van der Waals surface area (Å²) in [6, 6.07) is 2.00. The Hall–Kier alpha value is -0.840. The van der Waals surface area contributed by atoms with Crippen LogP contribution in [0.1, 0.15) is 11.3 Å². The molecule has 1 aromatic rings. The first-order valence-electron chi connectivity index (χ1n) is 5.87. The van der Waals surface area contributed by atoms with Gasteiger partial charge in [-0.15, -0.1) is 0 Å². The summed E-state index contributed by atoms with van der Waals surface area (Å²) in [4.78, 5) is 2.47. The molecular weight excluding hydrogens is 204 g/mol. The molecule has 1 N–H and O–H groups in total. The molecule has 1 fully saturated rings. The highest BCUT2D eigenvalue weighted by atomic mass is 16.5. The Morgan fingerprint density at radius 1 is 1.44 bits per heavy atom. The second kappa shape index (κ2) is 6.03. The first-order chi connectivity index (χ1) is 7.90. The predicted octanol–water partition coefficient (Wildman–Crippen LogP) is 0.874. The van der Waals surface area contributed by atoms with Gasteiger partial charge in [-0.2, -0.15) is 0 Å². The molecule has 0 amide bonds. The van der Waals surface area contributed by atoms with Crippen molar-refractivity contribution in [3.05, 3.63) is 23.7 Å². The van der Waals surface area contributed by atoms with Gasteiger partial charge in [-0.3, -0.25) is 0 Å². The van der Waals surface area contributed by atoms with Crippen LogP contribution >= 0.6 is 0 Å². The lowest BCUT2D eigenvalue weighted by Crippen LogP contribution is -2.44. The number of methoxy groups -OCH3 is 1. The molecule has 0 radical (unpaired) electrons. The van der Waals surface area contributed by atoms with E-state index in [-0.39, 0.29) is 0 Å². The minimum atomic E-state index is 0.646. The molecule has 4 nitrogen and oxygen atoms in total. The van der Waals surface area contributed by atoms with E-state index in [0.717, 1.165) is 44.9 Å². The highest BCUT2D eigenvalue weighted by Crippen LogP contribution is 2.13. The van der Waals surface area contributed by atoms with Crippen molar-refractivity contribution in [3.63, 3.8) is 0 Å². The van der Waals surface area contributed by atoms with Crippen molar-refractivity contribution in [1.82, 2.24) is 10.2 Å². The molecule has 0 unspecified atom stereocenters. The molecule has 16 heavy (non-hydrogen) atoms.